The lowest BCUT2D eigenvalue weighted by atomic mass is 10.0. The molecule has 4 aromatic rings. The summed E-state index contributed by atoms with van der Waals surface area (Å²) in [5.74, 6) is 1.37. The summed E-state index contributed by atoms with van der Waals surface area (Å²) >= 11 is 0. The van der Waals surface area contributed by atoms with Gasteiger partial charge in [0.25, 0.3) is 5.91 Å². The van der Waals surface area contributed by atoms with E-state index in [4.69, 9.17) is 4.74 Å². The zero-order valence-corrected chi connectivity index (χ0v) is 16.8. The Kier molecular flexibility index (Phi) is 5.48. The monoisotopic (exact) mass is 383 g/mol. The summed E-state index contributed by atoms with van der Waals surface area (Å²) in [6, 6.07) is 25.7. The molecule has 0 radical (unpaired) electrons. The zero-order chi connectivity index (χ0) is 20.2. The number of benzene rings is 3. The van der Waals surface area contributed by atoms with Crippen molar-refractivity contribution >= 4 is 16.8 Å². The first-order valence-electron chi connectivity index (χ1n) is 10.0. The predicted molar refractivity (Wildman–Crippen MR) is 117 cm³/mol. The van der Waals surface area contributed by atoms with E-state index >= 15 is 0 Å². The van der Waals surface area contributed by atoms with E-state index in [0.29, 0.717) is 18.1 Å². The number of aromatic nitrogens is 1. The van der Waals surface area contributed by atoms with Crippen LogP contribution in [0, 0.1) is 5.92 Å². The average molecular weight is 383 g/mol. The summed E-state index contributed by atoms with van der Waals surface area (Å²) in [6.07, 6.45) is 2.91. The average Bonchev–Trinajstić information content (AvgIpc) is 3.17. The molecule has 0 bridgehead atoms. The van der Waals surface area contributed by atoms with E-state index in [1.54, 1.807) is 4.57 Å². The van der Waals surface area contributed by atoms with Gasteiger partial charge < -0.3 is 4.74 Å². The molecule has 4 rings (SSSR count). The van der Waals surface area contributed by atoms with Crippen LogP contribution in [-0.2, 0) is 13.0 Å². The Morgan fingerprint density at radius 3 is 2.28 bits per heavy atom. The predicted octanol–water partition coefficient (Wildman–Crippen LogP) is 6.11. The number of carbonyl (C=O) groups excluding carboxylic acids is 1. The Morgan fingerprint density at radius 2 is 1.55 bits per heavy atom. The van der Waals surface area contributed by atoms with Crippen molar-refractivity contribution < 1.29 is 9.53 Å². The van der Waals surface area contributed by atoms with E-state index in [9.17, 15) is 4.79 Å². The van der Waals surface area contributed by atoms with Gasteiger partial charge in [0.05, 0.1) is 5.52 Å². The Bertz CT molecular complexity index is 1110. The number of fused-ring (bicyclic) bond motifs is 1. The summed E-state index contributed by atoms with van der Waals surface area (Å²) in [5, 5.41) is 1.06. The Labute approximate surface area is 171 Å². The molecule has 0 saturated heterocycles. The zero-order valence-electron chi connectivity index (χ0n) is 16.8. The summed E-state index contributed by atoms with van der Waals surface area (Å²) in [4.78, 5) is 12.8. The van der Waals surface area contributed by atoms with Crippen LogP contribution in [0.5, 0.6) is 5.75 Å². The quantitative estimate of drug-likeness (QED) is 0.402. The first kappa shape index (κ1) is 19.0. The molecular weight excluding hydrogens is 358 g/mol. The van der Waals surface area contributed by atoms with Crippen molar-refractivity contribution in [1.82, 2.24) is 4.57 Å². The fourth-order valence-corrected chi connectivity index (χ4v) is 3.50. The summed E-state index contributed by atoms with van der Waals surface area (Å²) in [7, 11) is 0. The number of hydrogen-bond acceptors (Lipinski definition) is 2. The van der Waals surface area contributed by atoms with E-state index in [1.165, 1.54) is 5.56 Å². The highest BCUT2D eigenvalue weighted by Crippen LogP contribution is 2.19. The minimum Gasteiger partial charge on any atom is -0.489 e. The van der Waals surface area contributed by atoms with Crippen LogP contribution in [-0.4, -0.2) is 10.5 Å². The van der Waals surface area contributed by atoms with Gasteiger partial charge in [-0.1, -0.05) is 56.3 Å². The Morgan fingerprint density at radius 1 is 0.862 bits per heavy atom. The van der Waals surface area contributed by atoms with E-state index in [1.807, 2.05) is 60.8 Å². The standard InChI is InChI=1S/C26H25NO2/c1-19(2)17-20-7-9-21(10-8-20)18-29-24-13-11-23(12-14-24)26(28)27-16-15-22-5-3-4-6-25(22)27/h3-16,19H,17-18H2,1-2H3. The minimum atomic E-state index is -0.0431. The van der Waals surface area contributed by atoms with Crippen molar-refractivity contribution in [3.8, 4) is 5.75 Å². The van der Waals surface area contributed by atoms with Gasteiger partial charge in [-0.25, -0.2) is 0 Å². The van der Waals surface area contributed by atoms with Crippen molar-refractivity contribution in [3.63, 3.8) is 0 Å². The molecule has 0 fully saturated rings. The van der Waals surface area contributed by atoms with Crippen LogP contribution >= 0.6 is 0 Å². The fourth-order valence-electron chi connectivity index (χ4n) is 3.50. The van der Waals surface area contributed by atoms with Gasteiger partial charge in [-0.3, -0.25) is 9.36 Å². The van der Waals surface area contributed by atoms with Gasteiger partial charge >= 0.3 is 0 Å². The second-order valence-electron chi connectivity index (χ2n) is 7.78. The maximum absolute atomic E-state index is 12.8. The Balaban J connectivity index is 1.41. The third-order valence-corrected chi connectivity index (χ3v) is 4.99. The molecule has 0 amide bonds. The topological polar surface area (TPSA) is 31.2 Å². The summed E-state index contributed by atoms with van der Waals surface area (Å²) in [6.45, 7) is 4.96. The van der Waals surface area contributed by atoms with Gasteiger partial charge in [-0.05, 0) is 59.9 Å². The molecule has 146 valence electrons. The fraction of sp³-hybridized carbons (Fsp3) is 0.192. The van der Waals surface area contributed by atoms with Crippen molar-refractivity contribution in [2.45, 2.75) is 26.9 Å². The van der Waals surface area contributed by atoms with Crippen LogP contribution in [0.3, 0.4) is 0 Å². The largest absolute Gasteiger partial charge is 0.489 e. The third kappa shape index (κ3) is 4.40. The third-order valence-electron chi connectivity index (χ3n) is 4.99. The van der Waals surface area contributed by atoms with Crippen molar-refractivity contribution in [2.24, 2.45) is 5.92 Å². The SMILES string of the molecule is CC(C)Cc1ccc(COc2ccc(C(=O)n3ccc4ccccc43)cc2)cc1. The maximum Gasteiger partial charge on any atom is 0.262 e. The molecule has 0 aliphatic rings. The van der Waals surface area contributed by atoms with E-state index in [-0.39, 0.29) is 5.91 Å². The number of hydrogen-bond donors (Lipinski definition) is 0. The van der Waals surface area contributed by atoms with Crippen LogP contribution in [0.4, 0.5) is 0 Å². The first-order valence-corrected chi connectivity index (χ1v) is 10.0. The van der Waals surface area contributed by atoms with Crippen molar-refractivity contribution in [3.05, 3.63) is 102 Å². The lowest BCUT2D eigenvalue weighted by Gasteiger charge is -2.09. The molecule has 0 unspecified atom stereocenters. The van der Waals surface area contributed by atoms with Crippen molar-refractivity contribution in [1.29, 1.82) is 0 Å². The minimum absolute atomic E-state index is 0.0431. The van der Waals surface area contributed by atoms with E-state index in [0.717, 1.165) is 28.6 Å². The molecule has 0 saturated carbocycles. The van der Waals surface area contributed by atoms with Gasteiger partial charge in [0.15, 0.2) is 0 Å². The smallest absolute Gasteiger partial charge is 0.262 e. The lowest BCUT2D eigenvalue weighted by Crippen LogP contribution is -2.10. The second-order valence-corrected chi connectivity index (χ2v) is 7.78. The first-order chi connectivity index (χ1) is 14.1. The van der Waals surface area contributed by atoms with Gasteiger partial charge in [-0.15, -0.1) is 0 Å². The van der Waals surface area contributed by atoms with E-state index in [2.05, 4.69) is 38.1 Å². The van der Waals surface area contributed by atoms with Crippen molar-refractivity contribution in [2.75, 3.05) is 0 Å². The highest BCUT2D eigenvalue weighted by atomic mass is 16.5. The number of ether oxygens (including phenoxy) is 1. The van der Waals surface area contributed by atoms with Crippen LogP contribution in [0.2, 0.25) is 0 Å². The molecule has 0 aliphatic carbocycles. The number of carbonyl (C=O) groups is 1. The van der Waals surface area contributed by atoms with Crippen LogP contribution in [0.25, 0.3) is 10.9 Å². The van der Waals surface area contributed by atoms with Gasteiger partial charge in [0.1, 0.15) is 12.4 Å². The lowest BCUT2D eigenvalue weighted by molar-refractivity contribution is 0.0965. The molecule has 0 N–H and O–H groups in total. The number of rotatable bonds is 6. The molecule has 0 spiro atoms. The highest BCUT2D eigenvalue weighted by molar-refractivity contribution is 6.02. The van der Waals surface area contributed by atoms with Gasteiger partial charge in [0, 0.05) is 17.1 Å². The normalized spacial score (nSPS) is 11.1. The molecule has 1 aromatic heterocycles. The molecule has 1 heterocycles. The van der Waals surface area contributed by atoms with Gasteiger partial charge in [0.2, 0.25) is 0 Å². The van der Waals surface area contributed by atoms with Crippen LogP contribution in [0.15, 0.2) is 85.1 Å². The highest BCUT2D eigenvalue weighted by Gasteiger charge is 2.11. The number of nitrogens with zero attached hydrogens (tertiary/aromatic N) is 1. The molecular formula is C26H25NO2. The number of para-hydroxylation sites is 1. The molecule has 29 heavy (non-hydrogen) atoms. The molecule has 0 aliphatic heterocycles. The molecule has 0 atom stereocenters. The van der Waals surface area contributed by atoms with Gasteiger partial charge in [-0.2, -0.15) is 0 Å². The molecule has 3 nitrogen and oxygen atoms in total. The van der Waals surface area contributed by atoms with E-state index < -0.39 is 0 Å². The second kappa shape index (κ2) is 8.36. The Hall–Kier alpha value is -3.33. The maximum atomic E-state index is 12.8. The molecule has 3 aromatic carbocycles. The van der Waals surface area contributed by atoms with Crippen LogP contribution < -0.4 is 4.74 Å². The summed E-state index contributed by atoms with van der Waals surface area (Å²) < 4.78 is 7.58. The molecule has 3 heteroatoms. The van der Waals surface area contributed by atoms with Crippen LogP contribution in [0.1, 0.15) is 35.3 Å². The summed E-state index contributed by atoms with van der Waals surface area (Å²) in [5.41, 5.74) is 4.04.